The molecule has 2 aliphatic rings. The van der Waals surface area contributed by atoms with Crippen molar-refractivity contribution in [3.8, 4) is 11.5 Å². The molecule has 0 saturated heterocycles. The summed E-state index contributed by atoms with van der Waals surface area (Å²) in [7, 11) is 0. The number of allylic oxidation sites excluding steroid dienone is 10. The number of ether oxygens (including phenoxy) is 1. The van der Waals surface area contributed by atoms with E-state index < -0.39 is 0 Å². The van der Waals surface area contributed by atoms with Crippen LogP contribution < -0.4 is 4.74 Å². The van der Waals surface area contributed by atoms with Crippen LogP contribution in [0.2, 0.25) is 0 Å². The zero-order chi connectivity index (χ0) is 46.4. The van der Waals surface area contributed by atoms with Crippen LogP contribution in [0.4, 0.5) is 11.4 Å². The number of nitrogens with zero attached hydrogens (tertiary/aromatic N) is 4. The van der Waals surface area contributed by atoms with Gasteiger partial charge in [-0.3, -0.25) is 9.59 Å². The standard InChI is InChI=1S/C50H50Br4N4O3S2/c1-47(2,3)31-19-27(20-32(45(31)59)48(4,5)6)41(39-15-13-17-62-39)55-57-43-35(51)23-29(24-36(43)52)61-30-25-37(53)44(38(54)26-30)58-56-42(40-16-14-18-63-40)28-21-33(49(7,8)9)46(60)34(22-28)50(10,11)12/h13-26H,1-12H3. The molecule has 0 unspecified atom stereocenters. The molecular formula is C50H50Br4N4O3S2. The van der Waals surface area contributed by atoms with Crippen molar-refractivity contribution >= 4 is 121 Å². The molecule has 2 aliphatic carbocycles. The lowest BCUT2D eigenvalue weighted by atomic mass is 9.71. The van der Waals surface area contributed by atoms with E-state index in [9.17, 15) is 9.59 Å². The van der Waals surface area contributed by atoms with Gasteiger partial charge in [0.05, 0.1) is 9.75 Å². The lowest BCUT2D eigenvalue weighted by Gasteiger charge is -2.31. The van der Waals surface area contributed by atoms with E-state index in [-0.39, 0.29) is 33.2 Å². The van der Waals surface area contributed by atoms with Crippen LogP contribution in [0.25, 0.3) is 11.4 Å². The molecule has 328 valence electrons. The van der Waals surface area contributed by atoms with Gasteiger partial charge in [-0.1, -0.05) is 95.2 Å². The summed E-state index contributed by atoms with van der Waals surface area (Å²) in [4.78, 5) is 29.3. The largest absolute Gasteiger partial charge is 0.457 e. The molecule has 0 N–H and O–H groups in total. The number of carbonyl (C=O) groups excluding carboxylic acids is 2. The van der Waals surface area contributed by atoms with Gasteiger partial charge >= 0.3 is 0 Å². The van der Waals surface area contributed by atoms with Crippen LogP contribution in [0, 0.1) is 21.7 Å². The quantitative estimate of drug-likeness (QED) is 0.165. The van der Waals surface area contributed by atoms with E-state index in [0.29, 0.717) is 52.2 Å². The number of halogens is 4. The molecule has 0 radical (unpaired) electrons. The Morgan fingerprint density at radius 2 is 0.778 bits per heavy atom. The number of hydrogen-bond donors (Lipinski definition) is 0. The van der Waals surface area contributed by atoms with Crippen molar-refractivity contribution in [1.82, 2.24) is 0 Å². The van der Waals surface area contributed by atoms with Crippen LogP contribution in [0.5, 0.6) is 11.5 Å². The highest BCUT2D eigenvalue weighted by Gasteiger charge is 2.36. The molecule has 6 rings (SSSR count). The normalized spacial score (nSPS) is 15.6. The number of ketones is 2. The van der Waals surface area contributed by atoms with E-state index in [2.05, 4.69) is 147 Å². The van der Waals surface area contributed by atoms with E-state index in [1.54, 1.807) is 22.7 Å². The summed E-state index contributed by atoms with van der Waals surface area (Å²) in [6.07, 6.45) is 7.87. The summed E-state index contributed by atoms with van der Waals surface area (Å²) in [5.41, 5.74) is 5.69. The first-order valence-corrected chi connectivity index (χ1v) is 25.2. The van der Waals surface area contributed by atoms with Gasteiger partial charge in [0.2, 0.25) is 0 Å². The van der Waals surface area contributed by atoms with Gasteiger partial charge in [-0.05, 0) is 157 Å². The molecule has 4 aromatic rings. The first-order valence-electron chi connectivity index (χ1n) is 20.3. The average Bonchev–Trinajstić information content (AvgIpc) is 3.89. The Balaban J connectivity index is 1.33. The van der Waals surface area contributed by atoms with Gasteiger partial charge < -0.3 is 4.74 Å². The third kappa shape index (κ3) is 11.3. The first-order chi connectivity index (χ1) is 29.2. The van der Waals surface area contributed by atoms with Crippen molar-refractivity contribution < 1.29 is 14.3 Å². The van der Waals surface area contributed by atoms with E-state index in [1.165, 1.54) is 0 Å². The number of benzene rings is 2. The molecule has 0 bridgehead atoms. The number of carbonyl (C=O) groups is 2. The fraction of sp³-hybridized carbons (Fsp3) is 0.320. The minimum absolute atomic E-state index is 0.0651. The number of rotatable bonds is 8. The molecule has 0 spiro atoms. The number of hydrogen-bond acceptors (Lipinski definition) is 9. The van der Waals surface area contributed by atoms with Crippen molar-refractivity contribution in [3.05, 3.63) is 145 Å². The molecule has 7 nitrogen and oxygen atoms in total. The molecule has 0 fully saturated rings. The molecule has 2 heterocycles. The Hall–Kier alpha value is -3.46. The first kappa shape index (κ1) is 49.0. The molecule has 0 atom stereocenters. The third-order valence-corrected chi connectivity index (χ3v) is 14.4. The van der Waals surface area contributed by atoms with Crippen LogP contribution in [0.1, 0.15) is 92.8 Å². The summed E-state index contributed by atoms with van der Waals surface area (Å²) < 4.78 is 9.04. The molecule has 0 aliphatic heterocycles. The fourth-order valence-electron chi connectivity index (χ4n) is 6.81. The average molecular weight is 1140 g/mol. The SMILES string of the molecule is CC(C)(C)C1=CC(=C(N=Nc2c(Br)cc(Oc3cc(Br)c(N=NC(=C4C=C(C(C)(C)C)C(=O)C(C(C)(C)C)=C4)c4cccs4)c(Br)c3)cc2Br)c2cccs2)C=C(C(C)(C)C)C1=O. The van der Waals surface area contributed by atoms with Gasteiger partial charge in [0.1, 0.15) is 34.3 Å². The third-order valence-electron chi connectivity index (χ3n) is 10.2. The second-order valence-corrected chi connectivity index (χ2v) is 24.7. The summed E-state index contributed by atoms with van der Waals surface area (Å²) >= 11 is 18.0. The van der Waals surface area contributed by atoms with Gasteiger partial charge in [-0.25, -0.2) is 0 Å². The monoisotopic (exact) mass is 1130 g/mol. The van der Waals surface area contributed by atoms with Gasteiger partial charge in [-0.2, -0.15) is 0 Å². The van der Waals surface area contributed by atoms with Crippen molar-refractivity contribution in [2.45, 2.75) is 83.1 Å². The Kier molecular flexibility index (Phi) is 14.6. The maximum absolute atomic E-state index is 13.7. The van der Waals surface area contributed by atoms with Crippen molar-refractivity contribution in [2.75, 3.05) is 0 Å². The Bertz CT molecular complexity index is 2430. The number of azo groups is 2. The maximum atomic E-state index is 13.7. The van der Waals surface area contributed by atoms with Crippen LogP contribution in [-0.4, -0.2) is 11.6 Å². The predicted molar refractivity (Wildman–Crippen MR) is 275 cm³/mol. The number of Topliss-reactive ketones (excluding diaryl/α,β-unsaturated/α-hetero) is 2. The summed E-state index contributed by atoms with van der Waals surface area (Å²) in [6.45, 7) is 24.7. The molecule has 2 aromatic heterocycles. The highest BCUT2D eigenvalue weighted by molar-refractivity contribution is 9.11. The summed E-state index contributed by atoms with van der Waals surface area (Å²) in [6, 6.07) is 15.4. The predicted octanol–water partition coefficient (Wildman–Crippen LogP) is 18.7. The zero-order valence-electron chi connectivity index (χ0n) is 37.4. The van der Waals surface area contributed by atoms with Crippen LogP contribution >= 0.6 is 86.4 Å². The highest BCUT2D eigenvalue weighted by Crippen LogP contribution is 2.46. The van der Waals surface area contributed by atoms with Gasteiger partial charge in [0.25, 0.3) is 0 Å². The van der Waals surface area contributed by atoms with E-state index >= 15 is 0 Å². The van der Waals surface area contributed by atoms with Gasteiger partial charge in [0.15, 0.2) is 11.6 Å². The lowest BCUT2D eigenvalue weighted by Crippen LogP contribution is -2.28. The fourth-order valence-corrected chi connectivity index (χ4v) is 10.9. The maximum Gasteiger partial charge on any atom is 0.186 e. The second-order valence-electron chi connectivity index (χ2n) is 19.4. The molecule has 0 saturated carbocycles. The second kappa shape index (κ2) is 18.8. The van der Waals surface area contributed by atoms with Crippen LogP contribution in [0.3, 0.4) is 0 Å². The van der Waals surface area contributed by atoms with Gasteiger partial charge in [0, 0.05) is 51.3 Å². The van der Waals surface area contributed by atoms with Gasteiger partial charge in [-0.15, -0.1) is 43.1 Å². The number of thiophene rings is 2. The zero-order valence-corrected chi connectivity index (χ0v) is 45.4. The van der Waals surface area contributed by atoms with E-state index in [4.69, 9.17) is 25.2 Å². The van der Waals surface area contributed by atoms with E-state index in [0.717, 1.165) is 43.2 Å². The smallest absolute Gasteiger partial charge is 0.186 e. The van der Waals surface area contributed by atoms with E-state index in [1.807, 2.05) is 83.6 Å². The van der Waals surface area contributed by atoms with Crippen molar-refractivity contribution in [3.63, 3.8) is 0 Å². The Morgan fingerprint density at radius 3 is 1.02 bits per heavy atom. The highest BCUT2D eigenvalue weighted by atomic mass is 79.9. The minimum atomic E-state index is -0.366. The summed E-state index contributed by atoms with van der Waals surface area (Å²) in [5.74, 6) is 1.24. The molecule has 13 heteroatoms. The molecule has 0 amide bonds. The molecule has 63 heavy (non-hydrogen) atoms. The van der Waals surface area contributed by atoms with Crippen LogP contribution in [-0.2, 0) is 9.59 Å². The molecule has 2 aromatic carbocycles. The Morgan fingerprint density at radius 1 is 0.492 bits per heavy atom. The lowest BCUT2D eigenvalue weighted by molar-refractivity contribution is -0.114. The Labute approximate surface area is 412 Å². The topological polar surface area (TPSA) is 92.8 Å². The van der Waals surface area contributed by atoms with Crippen molar-refractivity contribution in [1.29, 1.82) is 0 Å². The van der Waals surface area contributed by atoms with Crippen LogP contribution in [0.15, 0.2) is 155 Å². The van der Waals surface area contributed by atoms with Crippen molar-refractivity contribution in [2.24, 2.45) is 42.1 Å². The molecular weight excluding hydrogens is 1090 g/mol. The minimum Gasteiger partial charge on any atom is -0.457 e. The summed E-state index contributed by atoms with van der Waals surface area (Å²) in [5, 5.41) is 23.2.